The Bertz CT molecular complexity index is 387. The van der Waals surface area contributed by atoms with Gasteiger partial charge in [-0.25, -0.2) is 0 Å². The van der Waals surface area contributed by atoms with Crippen LogP contribution in [0.15, 0.2) is 34.5 Å². The number of halogens is 1. The van der Waals surface area contributed by atoms with Gasteiger partial charge in [0.2, 0.25) is 0 Å². The fourth-order valence-electron chi connectivity index (χ4n) is 0.724. The molecule has 0 aliphatic carbocycles. The molecule has 5 nitrogen and oxygen atoms in total. The molecule has 80 valence electrons. The second-order valence-corrected chi connectivity index (χ2v) is 3.86. The Labute approximate surface area is 91.9 Å². The number of nitrogens with zero attached hydrogens (tertiary/aromatic N) is 3. The molecule has 0 aromatic heterocycles. The molecule has 0 bridgehead atoms. The van der Waals surface area contributed by atoms with Crippen LogP contribution in [0.4, 0.5) is 5.69 Å². The lowest BCUT2D eigenvalue weighted by atomic mass is 10.3. The zero-order valence-corrected chi connectivity index (χ0v) is 9.10. The van der Waals surface area contributed by atoms with Gasteiger partial charge in [0.15, 0.2) is 0 Å². The second-order valence-electron chi connectivity index (χ2n) is 3.43. The third-order valence-electron chi connectivity index (χ3n) is 1.68. The van der Waals surface area contributed by atoms with E-state index < -0.39 is 10.6 Å². The Kier molecular flexibility index (Phi) is 3.36. The number of rotatable bonds is 3. The number of hydrogen-bond donors (Lipinski definition) is 0. The van der Waals surface area contributed by atoms with Crippen molar-refractivity contribution in [2.75, 3.05) is 0 Å². The Hall–Kier alpha value is -1.49. The Balaban J connectivity index is 2.82. The zero-order valence-electron chi connectivity index (χ0n) is 8.35. The molecule has 0 unspecified atom stereocenters. The summed E-state index contributed by atoms with van der Waals surface area (Å²) in [5.41, 5.74) is -0.867. The lowest BCUT2D eigenvalue weighted by Crippen LogP contribution is -2.27. The first kappa shape index (κ1) is 11.6. The van der Waals surface area contributed by atoms with Crippen molar-refractivity contribution < 1.29 is 4.92 Å². The van der Waals surface area contributed by atoms with Gasteiger partial charge in [-0.05, 0) is 24.3 Å². The molecule has 0 saturated carbocycles. The molecular weight excluding hydrogens is 218 g/mol. The van der Waals surface area contributed by atoms with Crippen LogP contribution >= 0.6 is 11.6 Å². The first-order chi connectivity index (χ1) is 6.92. The van der Waals surface area contributed by atoms with E-state index in [4.69, 9.17) is 11.6 Å². The summed E-state index contributed by atoms with van der Waals surface area (Å²) in [7, 11) is 0. The standard InChI is InChI=1S/C9H10ClN3O2/c1-9(2,13(14)15)12-11-8-5-3-7(10)4-6-8/h3-6H,1-2H3. The summed E-state index contributed by atoms with van der Waals surface area (Å²) in [5.74, 6) is 0. The molecule has 0 N–H and O–H groups in total. The average Bonchev–Trinajstić information content (AvgIpc) is 2.17. The van der Waals surface area contributed by atoms with Crippen molar-refractivity contribution in [2.45, 2.75) is 19.5 Å². The summed E-state index contributed by atoms with van der Waals surface area (Å²) in [6, 6.07) is 6.58. The van der Waals surface area contributed by atoms with Crippen LogP contribution < -0.4 is 0 Å². The summed E-state index contributed by atoms with van der Waals surface area (Å²) in [4.78, 5) is 10.0. The maximum atomic E-state index is 10.5. The van der Waals surface area contributed by atoms with Crippen molar-refractivity contribution in [1.29, 1.82) is 0 Å². The number of nitro groups is 1. The van der Waals surface area contributed by atoms with Crippen LogP contribution in [0, 0.1) is 10.1 Å². The van der Waals surface area contributed by atoms with Gasteiger partial charge in [-0.2, -0.15) is 0 Å². The summed E-state index contributed by atoms with van der Waals surface area (Å²) in [6.07, 6.45) is 0. The highest BCUT2D eigenvalue weighted by Crippen LogP contribution is 2.19. The molecule has 15 heavy (non-hydrogen) atoms. The predicted molar refractivity (Wildman–Crippen MR) is 57.0 cm³/mol. The zero-order chi connectivity index (χ0) is 11.5. The smallest absolute Gasteiger partial charge is 0.262 e. The van der Waals surface area contributed by atoms with E-state index in [9.17, 15) is 10.1 Å². The fourth-order valence-corrected chi connectivity index (χ4v) is 0.850. The molecule has 1 rings (SSSR count). The molecule has 0 saturated heterocycles. The SMILES string of the molecule is CC(C)(N=Nc1ccc(Cl)cc1)[N+](=O)[O-]. The number of hydrogen-bond acceptors (Lipinski definition) is 4. The largest absolute Gasteiger partial charge is 0.324 e. The van der Waals surface area contributed by atoms with E-state index in [1.807, 2.05) is 0 Å². The van der Waals surface area contributed by atoms with Crippen LogP contribution in [-0.4, -0.2) is 10.6 Å². The van der Waals surface area contributed by atoms with Gasteiger partial charge in [-0.1, -0.05) is 11.6 Å². The third kappa shape index (κ3) is 3.28. The van der Waals surface area contributed by atoms with Crippen molar-refractivity contribution in [2.24, 2.45) is 10.2 Å². The molecule has 0 atom stereocenters. The molecule has 0 heterocycles. The van der Waals surface area contributed by atoms with Crippen molar-refractivity contribution in [3.63, 3.8) is 0 Å². The van der Waals surface area contributed by atoms with Gasteiger partial charge in [0.05, 0.1) is 10.6 Å². The van der Waals surface area contributed by atoms with Gasteiger partial charge in [0.25, 0.3) is 0 Å². The molecule has 0 amide bonds. The van der Waals surface area contributed by atoms with Crippen LogP contribution in [0.5, 0.6) is 0 Å². The van der Waals surface area contributed by atoms with E-state index in [-0.39, 0.29) is 0 Å². The topological polar surface area (TPSA) is 67.9 Å². The van der Waals surface area contributed by atoms with Crippen LogP contribution in [0.1, 0.15) is 13.8 Å². The van der Waals surface area contributed by atoms with E-state index in [1.165, 1.54) is 13.8 Å². The molecule has 0 aliphatic rings. The van der Waals surface area contributed by atoms with Crippen LogP contribution in [0.3, 0.4) is 0 Å². The van der Waals surface area contributed by atoms with E-state index in [0.29, 0.717) is 10.7 Å². The van der Waals surface area contributed by atoms with E-state index >= 15 is 0 Å². The van der Waals surface area contributed by atoms with E-state index in [2.05, 4.69) is 10.2 Å². The molecule has 0 aliphatic heterocycles. The normalized spacial score (nSPS) is 11.9. The van der Waals surface area contributed by atoms with Crippen molar-refractivity contribution >= 4 is 17.3 Å². The lowest BCUT2D eigenvalue weighted by molar-refractivity contribution is -0.559. The summed E-state index contributed by atoms with van der Waals surface area (Å²) in [6.45, 7) is 2.76. The minimum Gasteiger partial charge on any atom is -0.262 e. The maximum absolute atomic E-state index is 10.5. The summed E-state index contributed by atoms with van der Waals surface area (Å²) >= 11 is 5.67. The summed E-state index contributed by atoms with van der Waals surface area (Å²) in [5, 5.41) is 18.5. The highest BCUT2D eigenvalue weighted by atomic mass is 35.5. The fraction of sp³-hybridized carbons (Fsp3) is 0.333. The molecule has 0 radical (unpaired) electrons. The molecule has 1 aromatic carbocycles. The van der Waals surface area contributed by atoms with Crippen molar-refractivity contribution in [1.82, 2.24) is 0 Å². The van der Waals surface area contributed by atoms with Gasteiger partial charge < -0.3 is 0 Å². The Morgan fingerprint density at radius 2 is 1.87 bits per heavy atom. The minimum atomic E-state index is -1.40. The van der Waals surface area contributed by atoms with Crippen molar-refractivity contribution in [3.05, 3.63) is 39.4 Å². The quantitative estimate of drug-likeness (QED) is 0.451. The molecule has 0 spiro atoms. The van der Waals surface area contributed by atoms with Crippen LogP contribution in [-0.2, 0) is 0 Å². The van der Waals surface area contributed by atoms with Gasteiger partial charge >= 0.3 is 5.66 Å². The Morgan fingerprint density at radius 3 is 2.33 bits per heavy atom. The Morgan fingerprint density at radius 1 is 1.33 bits per heavy atom. The third-order valence-corrected chi connectivity index (χ3v) is 1.94. The second kappa shape index (κ2) is 4.35. The maximum Gasteiger partial charge on any atom is 0.324 e. The number of azo groups is 1. The molecule has 1 aromatic rings. The lowest BCUT2D eigenvalue weighted by Gasteiger charge is -2.07. The summed E-state index contributed by atoms with van der Waals surface area (Å²) < 4.78 is 0. The van der Waals surface area contributed by atoms with E-state index in [0.717, 1.165) is 0 Å². The minimum absolute atomic E-state index is 0.494. The monoisotopic (exact) mass is 227 g/mol. The molecule has 0 fully saturated rings. The van der Waals surface area contributed by atoms with Gasteiger partial charge in [-0.15, -0.1) is 10.2 Å². The highest BCUT2D eigenvalue weighted by Gasteiger charge is 2.29. The first-order valence-corrected chi connectivity index (χ1v) is 4.62. The van der Waals surface area contributed by atoms with Crippen LogP contribution in [0.2, 0.25) is 5.02 Å². The number of benzene rings is 1. The van der Waals surface area contributed by atoms with E-state index in [1.54, 1.807) is 24.3 Å². The van der Waals surface area contributed by atoms with Gasteiger partial charge in [0, 0.05) is 18.9 Å². The van der Waals surface area contributed by atoms with Crippen molar-refractivity contribution in [3.8, 4) is 0 Å². The highest BCUT2D eigenvalue weighted by molar-refractivity contribution is 6.30. The average molecular weight is 228 g/mol. The molecule has 6 heteroatoms. The molecular formula is C9H10ClN3O2. The van der Waals surface area contributed by atoms with Gasteiger partial charge in [-0.3, -0.25) is 10.1 Å². The van der Waals surface area contributed by atoms with Crippen LogP contribution in [0.25, 0.3) is 0 Å². The van der Waals surface area contributed by atoms with Gasteiger partial charge in [0.1, 0.15) is 0 Å². The first-order valence-electron chi connectivity index (χ1n) is 4.25. The predicted octanol–water partition coefficient (Wildman–Crippen LogP) is 3.44.